The molecule has 0 aromatic carbocycles. The Bertz CT molecular complexity index is 1360. The average molecular weight is 571 g/mol. The molecule has 2 aliphatic rings. The SMILES string of the molecule is CC(C)(C)n1ccc(N)nc1=NCCCCC(N)C(=O)O.Cc1nc2n(c1C)C(=O)C1N=CN(C(C)(C)C)C1N2C. The third-order valence-electron chi connectivity index (χ3n) is 7.26. The zero-order chi connectivity index (χ0) is 30.9. The van der Waals surface area contributed by atoms with Gasteiger partial charge in [0.25, 0.3) is 5.91 Å². The van der Waals surface area contributed by atoms with Crippen LogP contribution in [0.1, 0.15) is 77.0 Å². The summed E-state index contributed by atoms with van der Waals surface area (Å²) in [6.07, 6.45) is 5.53. The van der Waals surface area contributed by atoms with Gasteiger partial charge in [-0.05, 0) is 80.7 Å². The summed E-state index contributed by atoms with van der Waals surface area (Å²) >= 11 is 0. The van der Waals surface area contributed by atoms with Gasteiger partial charge in [-0.25, -0.2) is 4.98 Å². The number of hydrogen-bond acceptors (Lipinski definition) is 10. The number of aryl methyl sites for hydroxylation is 1. The second-order valence-corrected chi connectivity index (χ2v) is 12.6. The molecule has 0 radical (unpaired) electrons. The van der Waals surface area contributed by atoms with E-state index in [1.54, 1.807) is 17.0 Å². The lowest BCUT2D eigenvalue weighted by atomic mass is 10.0. The average Bonchev–Trinajstić information content (AvgIpc) is 3.44. The van der Waals surface area contributed by atoms with Crippen molar-refractivity contribution in [2.24, 2.45) is 15.7 Å². The summed E-state index contributed by atoms with van der Waals surface area (Å²) in [4.78, 5) is 45.2. The second kappa shape index (κ2) is 12.0. The van der Waals surface area contributed by atoms with Crippen LogP contribution < -0.4 is 22.0 Å². The van der Waals surface area contributed by atoms with E-state index in [0.717, 1.165) is 24.2 Å². The largest absolute Gasteiger partial charge is 0.480 e. The van der Waals surface area contributed by atoms with Gasteiger partial charge in [-0.3, -0.25) is 24.1 Å². The molecule has 4 heterocycles. The lowest BCUT2D eigenvalue weighted by molar-refractivity contribution is -0.138. The third-order valence-corrected chi connectivity index (χ3v) is 7.26. The van der Waals surface area contributed by atoms with Gasteiger partial charge in [-0.15, -0.1) is 0 Å². The predicted octanol–water partition coefficient (Wildman–Crippen LogP) is 2.13. The number of aromatic nitrogens is 4. The number of carbonyl (C=O) groups is 2. The fourth-order valence-corrected chi connectivity index (χ4v) is 4.78. The van der Waals surface area contributed by atoms with Gasteiger partial charge < -0.3 is 30.9 Å². The molecule has 13 nitrogen and oxygen atoms in total. The number of carboxylic acids is 1. The fourth-order valence-electron chi connectivity index (χ4n) is 4.78. The van der Waals surface area contributed by atoms with Crippen molar-refractivity contribution in [1.29, 1.82) is 0 Å². The number of likely N-dealkylation sites (N-methyl/N-ethyl adjacent to an activating group) is 1. The number of nitrogens with two attached hydrogens (primary N) is 2. The molecular formula is C28H46N10O3. The minimum atomic E-state index is -0.963. The summed E-state index contributed by atoms with van der Waals surface area (Å²) in [6.45, 7) is 17.0. The first-order valence-corrected chi connectivity index (χ1v) is 13.9. The molecule has 4 rings (SSSR count). The van der Waals surface area contributed by atoms with Crippen LogP contribution in [0, 0.1) is 13.8 Å². The van der Waals surface area contributed by atoms with Crippen molar-refractivity contribution in [1.82, 2.24) is 24.0 Å². The molecule has 41 heavy (non-hydrogen) atoms. The van der Waals surface area contributed by atoms with Gasteiger partial charge in [-0.2, -0.15) is 4.98 Å². The van der Waals surface area contributed by atoms with E-state index in [0.29, 0.717) is 30.3 Å². The molecule has 0 amide bonds. The summed E-state index contributed by atoms with van der Waals surface area (Å²) in [5.74, 6) is 0.201. The highest BCUT2D eigenvalue weighted by Gasteiger charge is 2.48. The number of imidazole rings is 1. The molecule has 13 heteroatoms. The zero-order valence-corrected chi connectivity index (χ0v) is 25.8. The Morgan fingerprint density at radius 1 is 1.12 bits per heavy atom. The number of carboxylic acid groups (broad SMARTS) is 1. The predicted molar refractivity (Wildman–Crippen MR) is 160 cm³/mol. The highest BCUT2D eigenvalue weighted by atomic mass is 16.4. The highest BCUT2D eigenvalue weighted by Crippen LogP contribution is 2.34. The molecular weight excluding hydrogens is 524 g/mol. The molecule has 2 aromatic rings. The summed E-state index contributed by atoms with van der Waals surface area (Å²) < 4.78 is 3.66. The van der Waals surface area contributed by atoms with Crippen molar-refractivity contribution in [3.8, 4) is 0 Å². The molecule has 226 valence electrons. The molecule has 0 saturated carbocycles. The van der Waals surface area contributed by atoms with Crippen molar-refractivity contribution < 1.29 is 14.7 Å². The molecule has 0 fully saturated rings. The Labute approximate surface area is 242 Å². The third kappa shape index (κ3) is 6.95. The summed E-state index contributed by atoms with van der Waals surface area (Å²) in [5.41, 5.74) is 13.3. The van der Waals surface area contributed by atoms with E-state index in [1.165, 1.54) is 0 Å². The quantitative estimate of drug-likeness (QED) is 0.440. The van der Waals surface area contributed by atoms with E-state index in [9.17, 15) is 9.59 Å². The zero-order valence-electron chi connectivity index (χ0n) is 25.8. The second-order valence-electron chi connectivity index (χ2n) is 12.6. The van der Waals surface area contributed by atoms with Crippen LogP contribution in [0.2, 0.25) is 0 Å². The van der Waals surface area contributed by atoms with Crippen molar-refractivity contribution in [2.45, 2.75) is 104 Å². The number of carbonyl (C=O) groups excluding carboxylic acids is 1. The number of nitrogens with zero attached hydrogens (tertiary/aromatic N) is 8. The van der Waals surface area contributed by atoms with E-state index in [-0.39, 0.29) is 29.2 Å². The number of unbranched alkanes of at least 4 members (excludes halogenated alkanes) is 1. The molecule has 2 aliphatic heterocycles. The van der Waals surface area contributed by atoms with E-state index in [2.05, 4.69) is 71.3 Å². The fraction of sp³-hybridized carbons (Fsp3) is 0.643. The first kappa shape index (κ1) is 31.8. The van der Waals surface area contributed by atoms with Crippen molar-refractivity contribution in [3.05, 3.63) is 29.3 Å². The number of fused-ring (bicyclic) bond motifs is 2. The minimum Gasteiger partial charge on any atom is -0.480 e. The van der Waals surface area contributed by atoms with E-state index in [4.69, 9.17) is 16.6 Å². The van der Waals surface area contributed by atoms with E-state index >= 15 is 0 Å². The lowest BCUT2D eigenvalue weighted by Gasteiger charge is -2.44. The maximum Gasteiger partial charge on any atom is 0.320 e. The Kier molecular flexibility index (Phi) is 9.31. The van der Waals surface area contributed by atoms with Gasteiger partial charge in [0.15, 0.2) is 6.04 Å². The van der Waals surface area contributed by atoms with Crippen molar-refractivity contribution >= 4 is 30.0 Å². The summed E-state index contributed by atoms with van der Waals surface area (Å²) in [5, 5.41) is 8.70. The standard InChI is InChI=1S/C14H25N5O2.C14H21N5O/c1-14(2,3)19-9-7-11(16)18-13(19)17-8-5-4-6-10(15)12(20)21;1-8-9(2)19-12(20)10-11(17(6)13(19)16-8)18(7-15-10)14(3,4)5/h7,9-10H,4-6,8,15H2,1-3H3,(H,20,21)(H2,16,17,18);7,10-11H,1-6H3. The van der Waals surface area contributed by atoms with Crippen molar-refractivity contribution in [2.75, 3.05) is 24.2 Å². The van der Waals surface area contributed by atoms with Crippen LogP contribution >= 0.6 is 0 Å². The van der Waals surface area contributed by atoms with E-state index in [1.807, 2.05) is 31.7 Å². The first-order chi connectivity index (χ1) is 18.9. The van der Waals surface area contributed by atoms with Crippen LogP contribution in [0.4, 0.5) is 11.8 Å². The van der Waals surface area contributed by atoms with Crippen LogP contribution in [0.25, 0.3) is 0 Å². The molecule has 5 N–H and O–H groups in total. The topological polar surface area (TPSA) is 173 Å². The van der Waals surface area contributed by atoms with Crippen LogP contribution in [-0.4, -0.2) is 84.7 Å². The molecule has 0 bridgehead atoms. The number of rotatable bonds is 6. The Hall–Kier alpha value is -3.74. The molecule has 0 spiro atoms. The van der Waals surface area contributed by atoms with Gasteiger partial charge in [0.2, 0.25) is 11.6 Å². The normalized spacial score (nSPS) is 19.6. The van der Waals surface area contributed by atoms with Crippen molar-refractivity contribution in [3.63, 3.8) is 0 Å². The van der Waals surface area contributed by atoms with Gasteiger partial charge >= 0.3 is 5.97 Å². The number of aliphatic carboxylic acids is 1. The summed E-state index contributed by atoms with van der Waals surface area (Å²) in [7, 11) is 1.98. The van der Waals surface area contributed by atoms with Gasteiger partial charge in [0.1, 0.15) is 18.0 Å². The number of anilines is 2. The van der Waals surface area contributed by atoms with Crippen LogP contribution in [0.5, 0.6) is 0 Å². The smallest absolute Gasteiger partial charge is 0.320 e. The number of hydrogen-bond donors (Lipinski definition) is 3. The Morgan fingerprint density at radius 3 is 2.37 bits per heavy atom. The Balaban J connectivity index is 0.000000225. The van der Waals surface area contributed by atoms with Gasteiger partial charge in [0.05, 0.1) is 12.0 Å². The van der Waals surface area contributed by atoms with Gasteiger partial charge in [0, 0.05) is 36.6 Å². The van der Waals surface area contributed by atoms with Crippen LogP contribution in [0.15, 0.2) is 22.2 Å². The molecule has 0 aliphatic carbocycles. The highest BCUT2D eigenvalue weighted by molar-refractivity contribution is 5.93. The van der Waals surface area contributed by atoms with Gasteiger partial charge in [-0.1, -0.05) is 0 Å². The Morgan fingerprint density at radius 2 is 1.78 bits per heavy atom. The minimum absolute atomic E-state index is 0.0178. The molecule has 3 atom stereocenters. The summed E-state index contributed by atoms with van der Waals surface area (Å²) in [6, 6.07) is 0.574. The molecule has 3 unspecified atom stereocenters. The number of aliphatic imine (C=N–C) groups is 1. The molecule has 0 saturated heterocycles. The number of nitrogen functional groups attached to an aromatic ring is 1. The van der Waals surface area contributed by atoms with Crippen LogP contribution in [0.3, 0.4) is 0 Å². The maximum atomic E-state index is 12.7. The van der Waals surface area contributed by atoms with E-state index < -0.39 is 12.0 Å². The molecule has 2 aromatic heterocycles. The lowest BCUT2D eigenvalue weighted by Crippen LogP contribution is -2.60. The first-order valence-electron chi connectivity index (χ1n) is 13.9. The van der Waals surface area contributed by atoms with Crippen LogP contribution in [-0.2, 0) is 10.3 Å². The maximum absolute atomic E-state index is 12.7. The monoisotopic (exact) mass is 570 g/mol.